The first-order valence-corrected chi connectivity index (χ1v) is 8.21. The number of hydrogen-bond acceptors (Lipinski definition) is 2. The van der Waals surface area contributed by atoms with Crippen molar-refractivity contribution in [3.05, 3.63) is 41.5 Å². The van der Waals surface area contributed by atoms with Crippen LogP contribution in [0.2, 0.25) is 0 Å². The van der Waals surface area contributed by atoms with Gasteiger partial charge >= 0.3 is 0 Å². The molecule has 0 bridgehead atoms. The van der Waals surface area contributed by atoms with Crippen molar-refractivity contribution in [3.8, 4) is 0 Å². The molecule has 0 spiro atoms. The van der Waals surface area contributed by atoms with Crippen LogP contribution in [0, 0.1) is 0 Å². The molecule has 0 fully saturated rings. The summed E-state index contributed by atoms with van der Waals surface area (Å²) in [6.45, 7) is 3.06. The van der Waals surface area contributed by atoms with Gasteiger partial charge in [0.1, 0.15) is 6.61 Å². The molecule has 0 radical (unpaired) electrons. The first kappa shape index (κ1) is 16.0. The van der Waals surface area contributed by atoms with Gasteiger partial charge in [0, 0.05) is 5.57 Å². The van der Waals surface area contributed by atoms with Crippen LogP contribution in [0.1, 0.15) is 57.4 Å². The minimum Gasteiger partial charge on any atom is -0.369 e. The van der Waals surface area contributed by atoms with Crippen LogP contribution in [0.25, 0.3) is 5.57 Å². The molecule has 0 atom stereocenters. The third-order valence-electron chi connectivity index (χ3n) is 4.08. The van der Waals surface area contributed by atoms with Crippen LogP contribution in [0.5, 0.6) is 0 Å². The molecule has 1 aliphatic rings. The predicted octanol–water partition coefficient (Wildman–Crippen LogP) is 4.79. The van der Waals surface area contributed by atoms with E-state index in [0.717, 1.165) is 29.6 Å². The Kier molecular flexibility index (Phi) is 6.68. The maximum absolute atomic E-state index is 12.2. The van der Waals surface area contributed by atoms with Crippen molar-refractivity contribution in [1.82, 2.24) is 0 Å². The van der Waals surface area contributed by atoms with Gasteiger partial charge in [-0.05, 0) is 24.0 Å². The predicted molar refractivity (Wildman–Crippen MR) is 87.2 cm³/mol. The Labute approximate surface area is 128 Å². The molecule has 0 aromatic heterocycles. The molecule has 1 aromatic carbocycles. The van der Waals surface area contributed by atoms with Crippen LogP contribution < -0.4 is 0 Å². The van der Waals surface area contributed by atoms with Crippen molar-refractivity contribution in [1.29, 1.82) is 0 Å². The van der Waals surface area contributed by atoms with Gasteiger partial charge in [-0.25, -0.2) is 0 Å². The van der Waals surface area contributed by atoms with Crippen LogP contribution in [0.4, 0.5) is 0 Å². The third kappa shape index (κ3) is 4.82. The zero-order valence-corrected chi connectivity index (χ0v) is 13.1. The SMILES string of the molecule is CCCCCCCCC1=C(c2ccccc2)COCC1=O. The van der Waals surface area contributed by atoms with Crippen molar-refractivity contribution in [2.45, 2.75) is 51.9 Å². The highest BCUT2D eigenvalue weighted by atomic mass is 16.5. The largest absolute Gasteiger partial charge is 0.369 e. The lowest BCUT2D eigenvalue weighted by atomic mass is 9.92. The monoisotopic (exact) mass is 286 g/mol. The molecule has 2 nitrogen and oxygen atoms in total. The number of benzene rings is 1. The minimum absolute atomic E-state index is 0.175. The highest BCUT2D eigenvalue weighted by molar-refractivity contribution is 6.04. The maximum atomic E-state index is 12.2. The second-order valence-electron chi connectivity index (χ2n) is 5.76. The molecule has 0 saturated carbocycles. The fraction of sp³-hybridized carbons (Fsp3) is 0.526. The third-order valence-corrected chi connectivity index (χ3v) is 4.08. The Bertz CT molecular complexity index is 474. The normalized spacial score (nSPS) is 15.6. The zero-order valence-electron chi connectivity index (χ0n) is 13.1. The lowest BCUT2D eigenvalue weighted by molar-refractivity contribution is -0.120. The summed E-state index contributed by atoms with van der Waals surface area (Å²) in [5.74, 6) is 0.175. The molecular formula is C19H26O2. The molecule has 0 saturated heterocycles. The van der Waals surface area contributed by atoms with E-state index in [-0.39, 0.29) is 12.4 Å². The Balaban J connectivity index is 1.98. The standard InChI is InChI=1S/C19H26O2/c1-2-3-4-5-6-10-13-17-18(14-21-15-19(17)20)16-11-8-7-9-12-16/h7-9,11-12H,2-6,10,13-15H2,1H3. The van der Waals surface area contributed by atoms with Crippen LogP contribution in [-0.4, -0.2) is 19.0 Å². The summed E-state index contributed by atoms with van der Waals surface area (Å²) in [5, 5.41) is 0. The average Bonchev–Trinajstić information content (AvgIpc) is 2.53. The van der Waals surface area contributed by atoms with Crippen molar-refractivity contribution in [2.75, 3.05) is 13.2 Å². The van der Waals surface area contributed by atoms with Crippen molar-refractivity contribution >= 4 is 11.4 Å². The Morgan fingerprint density at radius 2 is 1.67 bits per heavy atom. The Hall–Kier alpha value is -1.41. The molecular weight excluding hydrogens is 260 g/mol. The van der Waals surface area contributed by atoms with Gasteiger partial charge < -0.3 is 4.74 Å². The quantitative estimate of drug-likeness (QED) is 0.642. The van der Waals surface area contributed by atoms with E-state index in [1.54, 1.807) is 0 Å². The first-order chi connectivity index (χ1) is 10.3. The van der Waals surface area contributed by atoms with Crippen LogP contribution in [-0.2, 0) is 9.53 Å². The Morgan fingerprint density at radius 3 is 2.43 bits per heavy atom. The molecule has 1 aliphatic heterocycles. The van der Waals surface area contributed by atoms with E-state index in [9.17, 15) is 4.79 Å². The second-order valence-corrected chi connectivity index (χ2v) is 5.76. The summed E-state index contributed by atoms with van der Waals surface area (Å²) in [7, 11) is 0. The number of Topliss-reactive ketones (excluding diaryl/α,β-unsaturated/α-hetero) is 1. The van der Waals surface area contributed by atoms with E-state index >= 15 is 0 Å². The van der Waals surface area contributed by atoms with Crippen molar-refractivity contribution in [3.63, 3.8) is 0 Å². The van der Waals surface area contributed by atoms with Gasteiger partial charge in [0.05, 0.1) is 6.61 Å². The molecule has 0 N–H and O–H groups in total. The van der Waals surface area contributed by atoms with Crippen LogP contribution in [0.15, 0.2) is 35.9 Å². The van der Waals surface area contributed by atoms with E-state index < -0.39 is 0 Å². The number of rotatable bonds is 8. The van der Waals surface area contributed by atoms with E-state index in [2.05, 4.69) is 19.1 Å². The van der Waals surface area contributed by atoms with Gasteiger partial charge in [0.2, 0.25) is 0 Å². The molecule has 1 heterocycles. The molecule has 21 heavy (non-hydrogen) atoms. The first-order valence-electron chi connectivity index (χ1n) is 8.21. The molecule has 1 aromatic rings. The number of ether oxygens (including phenoxy) is 1. The van der Waals surface area contributed by atoms with Crippen molar-refractivity contribution in [2.24, 2.45) is 0 Å². The van der Waals surface area contributed by atoms with Gasteiger partial charge in [0.15, 0.2) is 5.78 Å². The van der Waals surface area contributed by atoms with Gasteiger partial charge in [-0.1, -0.05) is 69.4 Å². The zero-order chi connectivity index (χ0) is 14.9. The van der Waals surface area contributed by atoms with Gasteiger partial charge in [-0.3, -0.25) is 4.79 Å². The molecule has 2 heteroatoms. The van der Waals surface area contributed by atoms with Gasteiger partial charge in [-0.2, -0.15) is 0 Å². The van der Waals surface area contributed by atoms with E-state index in [1.165, 1.54) is 32.1 Å². The summed E-state index contributed by atoms with van der Waals surface area (Å²) < 4.78 is 5.43. The van der Waals surface area contributed by atoms with Crippen LogP contribution in [0.3, 0.4) is 0 Å². The smallest absolute Gasteiger partial charge is 0.184 e. The van der Waals surface area contributed by atoms with E-state index in [4.69, 9.17) is 4.74 Å². The lowest BCUT2D eigenvalue weighted by Gasteiger charge is -2.20. The summed E-state index contributed by atoms with van der Waals surface area (Å²) in [5.41, 5.74) is 3.23. The van der Waals surface area contributed by atoms with Crippen LogP contribution >= 0.6 is 0 Å². The van der Waals surface area contributed by atoms with E-state index in [1.807, 2.05) is 18.2 Å². The summed E-state index contributed by atoms with van der Waals surface area (Å²) >= 11 is 0. The maximum Gasteiger partial charge on any atom is 0.184 e. The topological polar surface area (TPSA) is 26.3 Å². The summed E-state index contributed by atoms with van der Waals surface area (Å²) in [4.78, 5) is 12.2. The summed E-state index contributed by atoms with van der Waals surface area (Å²) in [6.07, 6.45) is 8.44. The lowest BCUT2D eigenvalue weighted by Crippen LogP contribution is -2.21. The van der Waals surface area contributed by atoms with Gasteiger partial charge in [0.25, 0.3) is 0 Å². The van der Waals surface area contributed by atoms with Crippen molar-refractivity contribution < 1.29 is 9.53 Å². The van der Waals surface area contributed by atoms with Gasteiger partial charge in [-0.15, -0.1) is 0 Å². The fourth-order valence-electron chi connectivity index (χ4n) is 2.86. The molecule has 0 unspecified atom stereocenters. The highest BCUT2D eigenvalue weighted by Crippen LogP contribution is 2.27. The molecule has 0 aliphatic carbocycles. The number of hydrogen-bond donors (Lipinski definition) is 0. The highest BCUT2D eigenvalue weighted by Gasteiger charge is 2.21. The summed E-state index contributed by atoms with van der Waals surface area (Å²) in [6, 6.07) is 10.2. The fourth-order valence-corrected chi connectivity index (χ4v) is 2.86. The Morgan fingerprint density at radius 1 is 0.952 bits per heavy atom. The minimum atomic E-state index is 0.175. The average molecular weight is 286 g/mol. The number of ketones is 1. The molecule has 2 rings (SSSR count). The number of carbonyl (C=O) groups excluding carboxylic acids is 1. The number of carbonyl (C=O) groups is 1. The molecule has 0 amide bonds. The molecule has 114 valence electrons. The second kappa shape index (κ2) is 8.78. The number of unbranched alkanes of at least 4 members (excludes halogenated alkanes) is 5. The van der Waals surface area contributed by atoms with E-state index in [0.29, 0.717) is 6.61 Å².